The number of amides is 1. The minimum atomic E-state index is 0.331. The first-order valence-electron chi connectivity index (χ1n) is 7.18. The van der Waals surface area contributed by atoms with Crippen LogP contribution in [0, 0.1) is 5.92 Å². The van der Waals surface area contributed by atoms with Gasteiger partial charge in [-0.3, -0.25) is 4.79 Å². The van der Waals surface area contributed by atoms with Gasteiger partial charge in [0.25, 0.3) is 0 Å². The molecule has 0 aromatic rings. The second-order valence-electron chi connectivity index (χ2n) is 5.46. The Bertz CT molecular complexity index is 299. The number of hydrogen-bond donors (Lipinski definition) is 0. The van der Waals surface area contributed by atoms with Crippen molar-refractivity contribution in [3.63, 3.8) is 0 Å². The summed E-state index contributed by atoms with van der Waals surface area (Å²) in [7, 11) is 2.16. The summed E-state index contributed by atoms with van der Waals surface area (Å²) in [6.45, 7) is 10.4. The molecule has 0 aromatic heterocycles. The summed E-state index contributed by atoms with van der Waals surface area (Å²) in [5.74, 6) is 0.858. The van der Waals surface area contributed by atoms with Gasteiger partial charge < -0.3 is 9.80 Å². The first-order valence-corrected chi connectivity index (χ1v) is 7.18. The average Bonchev–Trinajstić information content (AvgIpc) is 2.69. The predicted octanol–water partition coefficient (Wildman–Crippen LogP) is 2.53. The van der Waals surface area contributed by atoms with Crippen molar-refractivity contribution in [2.75, 3.05) is 33.2 Å². The Morgan fingerprint density at radius 1 is 1.50 bits per heavy atom. The lowest BCUT2D eigenvalue weighted by atomic mass is 10.1. The molecule has 1 fully saturated rings. The molecular weight excluding hydrogens is 224 g/mol. The molecule has 104 valence electrons. The minimum absolute atomic E-state index is 0.331. The number of nitrogens with zero attached hydrogens (tertiary/aromatic N) is 2. The Hall–Kier alpha value is -0.830. The van der Waals surface area contributed by atoms with Crippen LogP contribution in [0.1, 0.15) is 40.0 Å². The highest BCUT2D eigenvalue weighted by Crippen LogP contribution is 2.18. The van der Waals surface area contributed by atoms with E-state index >= 15 is 0 Å². The number of rotatable bonds is 7. The summed E-state index contributed by atoms with van der Waals surface area (Å²) in [4.78, 5) is 16.0. The third-order valence-electron chi connectivity index (χ3n) is 3.81. The van der Waals surface area contributed by atoms with Crippen LogP contribution < -0.4 is 0 Å². The Balaban J connectivity index is 2.25. The molecule has 3 heteroatoms. The fourth-order valence-electron chi connectivity index (χ4n) is 2.49. The van der Waals surface area contributed by atoms with Crippen molar-refractivity contribution in [2.45, 2.75) is 40.0 Å². The molecule has 0 N–H and O–H groups in total. The molecule has 1 heterocycles. The summed E-state index contributed by atoms with van der Waals surface area (Å²) < 4.78 is 0. The van der Waals surface area contributed by atoms with Gasteiger partial charge in [0.15, 0.2) is 0 Å². The lowest BCUT2D eigenvalue weighted by Gasteiger charge is -2.20. The smallest absolute Gasteiger partial charge is 0.222 e. The lowest BCUT2D eigenvalue weighted by Crippen LogP contribution is -2.29. The van der Waals surface area contributed by atoms with E-state index in [0.717, 1.165) is 45.4 Å². The van der Waals surface area contributed by atoms with Crippen molar-refractivity contribution in [1.82, 2.24) is 9.80 Å². The summed E-state index contributed by atoms with van der Waals surface area (Å²) >= 11 is 0. The van der Waals surface area contributed by atoms with E-state index < -0.39 is 0 Å². The van der Waals surface area contributed by atoms with E-state index in [1.807, 2.05) is 4.90 Å². The van der Waals surface area contributed by atoms with Gasteiger partial charge in [0.1, 0.15) is 0 Å². The zero-order valence-electron chi connectivity index (χ0n) is 12.4. The molecule has 0 aromatic carbocycles. The van der Waals surface area contributed by atoms with E-state index in [4.69, 9.17) is 0 Å². The Morgan fingerprint density at radius 3 is 2.78 bits per heavy atom. The van der Waals surface area contributed by atoms with Gasteiger partial charge in [0.05, 0.1) is 0 Å². The summed E-state index contributed by atoms with van der Waals surface area (Å²) in [5.41, 5.74) is 1.47. The van der Waals surface area contributed by atoms with Crippen LogP contribution in [-0.2, 0) is 4.79 Å². The Kier molecular flexibility index (Phi) is 6.41. The average molecular weight is 252 g/mol. The molecule has 1 atom stereocenters. The van der Waals surface area contributed by atoms with Gasteiger partial charge in [0, 0.05) is 32.6 Å². The van der Waals surface area contributed by atoms with Crippen LogP contribution in [0.5, 0.6) is 0 Å². The van der Waals surface area contributed by atoms with Gasteiger partial charge in [0.2, 0.25) is 5.91 Å². The zero-order valence-corrected chi connectivity index (χ0v) is 12.4. The summed E-state index contributed by atoms with van der Waals surface area (Å²) in [6, 6.07) is 0. The largest absolute Gasteiger partial charge is 0.343 e. The van der Waals surface area contributed by atoms with Crippen LogP contribution >= 0.6 is 0 Å². The quantitative estimate of drug-likeness (QED) is 0.650. The van der Waals surface area contributed by atoms with Crippen molar-refractivity contribution in [3.05, 3.63) is 11.6 Å². The van der Waals surface area contributed by atoms with Crippen molar-refractivity contribution >= 4 is 5.91 Å². The standard InChI is InChI=1S/C15H28N2O/c1-5-13(3)8-7-9-16(4)11-14-10-15(18)17(6-2)12-14/h8,14H,5-7,9-12H2,1-4H3/b13-8+. The van der Waals surface area contributed by atoms with Gasteiger partial charge in [-0.25, -0.2) is 0 Å². The highest BCUT2D eigenvalue weighted by atomic mass is 16.2. The molecule has 1 saturated heterocycles. The van der Waals surface area contributed by atoms with E-state index in [0.29, 0.717) is 11.8 Å². The highest BCUT2D eigenvalue weighted by Gasteiger charge is 2.28. The number of hydrogen-bond acceptors (Lipinski definition) is 2. The topological polar surface area (TPSA) is 23.6 Å². The molecule has 1 aliphatic heterocycles. The van der Waals surface area contributed by atoms with E-state index in [2.05, 4.69) is 38.8 Å². The maximum absolute atomic E-state index is 11.6. The zero-order chi connectivity index (χ0) is 13.5. The van der Waals surface area contributed by atoms with Crippen molar-refractivity contribution < 1.29 is 4.79 Å². The minimum Gasteiger partial charge on any atom is -0.343 e. The van der Waals surface area contributed by atoms with Gasteiger partial charge in [-0.1, -0.05) is 18.6 Å². The van der Waals surface area contributed by atoms with Crippen LogP contribution in [0.2, 0.25) is 0 Å². The van der Waals surface area contributed by atoms with Crippen molar-refractivity contribution in [1.29, 1.82) is 0 Å². The van der Waals surface area contributed by atoms with Crippen molar-refractivity contribution in [3.8, 4) is 0 Å². The van der Waals surface area contributed by atoms with Gasteiger partial charge in [-0.15, -0.1) is 0 Å². The Morgan fingerprint density at radius 2 is 2.22 bits per heavy atom. The second kappa shape index (κ2) is 7.57. The molecule has 1 unspecified atom stereocenters. The normalized spacial score (nSPS) is 21.2. The molecule has 1 aliphatic rings. The van der Waals surface area contributed by atoms with Crippen LogP contribution in [0.25, 0.3) is 0 Å². The molecule has 1 rings (SSSR count). The number of allylic oxidation sites excluding steroid dienone is 1. The number of carbonyl (C=O) groups is 1. The third kappa shape index (κ3) is 4.81. The fraction of sp³-hybridized carbons (Fsp3) is 0.800. The van der Waals surface area contributed by atoms with Crippen LogP contribution in [0.3, 0.4) is 0 Å². The van der Waals surface area contributed by atoms with E-state index in [-0.39, 0.29) is 0 Å². The second-order valence-corrected chi connectivity index (χ2v) is 5.46. The summed E-state index contributed by atoms with van der Waals surface area (Å²) in [5, 5.41) is 0. The molecule has 0 bridgehead atoms. The van der Waals surface area contributed by atoms with Gasteiger partial charge in [-0.2, -0.15) is 0 Å². The van der Waals surface area contributed by atoms with E-state index in [1.54, 1.807) is 0 Å². The molecule has 0 saturated carbocycles. The third-order valence-corrected chi connectivity index (χ3v) is 3.81. The van der Waals surface area contributed by atoms with Crippen LogP contribution in [-0.4, -0.2) is 48.9 Å². The molecule has 0 spiro atoms. The molecule has 3 nitrogen and oxygen atoms in total. The Labute approximate surface area is 112 Å². The first-order chi connectivity index (χ1) is 8.56. The van der Waals surface area contributed by atoms with Crippen LogP contribution in [0.4, 0.5) is 0 Å². The molecular formula is C15H28N2O. The molecule has 0 aliphatic carbocycles. The fourth-order valence-corrected chi connectivity index (χ4v) is 2.49. The summed E-state index contributed by atoms with van der Waals surface area (Å²) in [6.07, 6.45) is 5.33. The number of likely N-dealkylation sites (tertiary alicyclic amines) is 1. The van der Waals surface area contributed by atoms with Gasteiger partial charge in [-0.05, 0) is 39.7 Å². The number of carbonyl (C=O) groups excluding carboxylic acids is 1. The predicted molar refractivity (Wildman–Crippen MR) is 76.5 cm³/mol. The highest BCUT2D eigenvalue weighted by molar-refractivity contribution is 5.78. The molecule has 1 amide bonds. The molecule has 0 radical (unpaired) electrons. The maximum Gasteiger partial charge on any atom is 0.222 e. The SMILES string of the molecule is CC/C(C)=C/CCN(C)CC1CC(=O)N(CC)C1. The molecule has 18 heavy (non-hydrogen) atoms. The first kappa shape index (κ1) is 15.2. The lowest BCUT2D eigenvalue weighted by molar-refractivity contribution is -0.127. The van der Waals surface area contributed by atoms with E-state index in [9.17, 15) is 4.79 Å². The van der Waals surface area contributed by atoms with Crippen LogP contribution in [0.15, 0.2) is 11.6 Å². The monoisotopic (exact) mass is 252 g/mol. The maximum atomic E-state index is 11.6. The van der Waals surface area contributed by atoms with E-state index in [1.165, 1.54) is 5.57 Å². The van der Waals surface area contributed by atoms with Gasteiger partial charge >= 0.3 is 0 Å². The van der Waals surface area contributed by atoms with Crippen molar-refractivity contribution in [2.24, 2.45) is 5.92 Å².